The normalized spacial score (nSPS) is 14.2. The van der Waals surface area contributed by atoms with Crippen LogP contribution in [-0.2, 0) is 20.9 Å². The van der Waals surface area contributed by atoms with Crippen LogP contribution in [0.3, 0.4) is 0 Å². The molecule has 7 heteroatoms. The summed E-state index contributed by atoms with van der Waals surface area (Å²) in [7, 11) is 0. The van der Waals surface area contributed by atoms with Crippen molar-refractivity contribution >= 4 is 23.6 Å². The number of hydrogen-bond donors (Lipinski definition) is 3. The number of carbonyl (C=O) groups is 3. The van der Waals surface area contributed by atoms with Crippen molar-refractivity contribution in [2.24, 2.45) is 5.92 Å². The van der Waals surface area contributed by atoms with Crippen molar-refractivity contribution < 1.29 is 19.1 Å². The second kappa shape index (κ2) is 9.39. The van der Waals surface area contributed by atoms with E-state index in [1.54, 1.807) is 45.0 Å². The van der Waals surface area contributed by atoms with Crippen LogP contribution < -0.4 is 16.0 Å². The summed E-state index contributed by atoms with van der Waals surface area (Å²) in [6.45, 7) is 7.41. The first-order chi connectivity index (χ1) is 13.1. The van der Waals surface area contributed by atoms with E-state index < -0.39 is 11.7 Å². The molecule has 0 heterocycles. The Morgan fingerprint density at radius 1 is 1.18 bits per heavy atom. The molecule has 1 saturated carbocycles. The first-order valence-corrected chi connectivity index (χ1v) is 9.44. The molecule has 3 amide bonds. The average molecular weight is 387 g/mol. The Morgan fingerprint density at radius 2 is 1.89 bits per heavy atom. The predicted molar refractivity (Wildman–Crippen MR) is 108 cm³/mol. The molecule has 0 aromatic heterocycles. The van der Waals surface area contributed by atoms with Gasteiger partial charge in [0.1, 0.15) is 12.1 Å². The van der Waals surface area contributed by atoms with E-state index in [4.69, 9.17) is 4.74 Å². The highest BCUT2D eigenvalue weighted by Crippen LogP contribution is 2.35. The van der Waals surface area contributed by atoms with E-state index in [1.807, 2.05) is 13.0 Å². The highest BCUT2D eigenvalue weighted by atomic mass is 16.6. The van der Waals surface area contributed by atoms with E-state index in [0.717, 1.165) is 11.1 Å². The summed E-state index contributed by atoms with van der Waals surface area (Å²) < 4.78 is 5.08. The SMILES string of the molecule is C/C(=C\C(=O)NCc1cccc(NC(=O)CNC(=O)OC(C)(C)C)c1)C1CC1. The van der Waals surface area contributed by atoms with Crippen LogP contribution in [-0.4, -0.2) is 30.1 Å². The van der Waals surface area contributed by atoms with Gasteiger partial charge in [0.2, 0.25) is 11.8 Å². The van der Waals surface area contributed by atoms with Crippen LogP contribution in [0.2, 0.25) is 0 Å². The molecule has 7 nitrogen and oxygen atoms in total. The van der Waals surface area contributed by atoms with Crippen LogP contribution >= 0.6 is 0 Å². The molecule has 1 aliphatic carbocycles. The van der Waals surface area contributed by atoms with Gasteiger partial charge in [-0.3, -0.25) is 9.59 Å². The standard InChI is InChI=1S/C21H29N3O4/c1-14(16-8-9-16)10-18(25)22-12-15-6-5-7-17(11-15)24-19(26)13-23-20(27)28-21(2,3)4/h5-7,10-11,16H,8-9,12-13H2,1-4H3,(H,22,25)(H,23,27)(H,24,26)/b14-10+. The maximum Gasteiger partial charge on any atom is 0.408 e. The lowest BCUT2D eigenvalue weighted by atomic mass is 10.1. The number of hydrogen-bond acceptors (Lipinski definition) is 4. The molecule has 1 aromatic carbocycles. The summed E-state index contributed by atoms with van der Waals surface area (Å²) in [5, 5.41) is 7.97. The number of benzene rings is 1. The molecule has 2 rings (SSSR count). The molecular formula is C21H29N3O4. The van der Waals surface area contributed by atoms with Gasteiger partial charge in [0.05, 0.1) is 0 Å². The van der Waals surface area contributed by atoms with E-state index >= 15 is 0 Å². The maximum atomic E-state index is 12.0. The molecule has 0 bridgehead atoms. The molecule has 1 aromatic rings. The summed E-state index contributed by atoms with van der Waals surface area (Å²) >= 11 is 0. The molecule has 0 saturated heterocycles. The van der Waals surface area contributed by atoms with E-state index in [1.165, 1.54) is 12.8 Å². The van der Waals surface area contributed by atoms with Gasteiger partial charge < -0.3 is 20.7 Å². The zero-order chi connectivity index (χ0) is 20.7. The average Bonchev–Trinajstić information content (AvgIpc) is 3.42. The molecule has 1 aliphatic rings. The van der Waals surface area contributed by atoms with Crippen molar-refractivity contribution in [1.82, 2.24) is 10.6 Å². The molecule has 3 N–H and O–H groups in total. The van der Waals surface area contributed by atoms with Crippen LogP contribution in [0.4, 0.5) is 10.5 Å². The van der Waals surface area contributed by atoms with Crippen molar-refractivity contribution in [2.45, 2.75) is 52.7 Å². The Kier molecular flexibility index (Phi) is 7.20. The highest BCUT2D eigenvalue weighted by Gasteiger charge is 2.23. The molecule has 0 unspecified atom stereocenters. The van der Waals surface area contributed by atoms with E-state index in [9.17, 15) is 14.4 Å². The number of alkyl carbamates (subject to hydrolysis) is 1. The minimum atomic E-state index is -0.645. The van der Waals surface area contributed by atoms with Gasteiger partial charge >= 0.3 is 6.09 Å². The molecule has 0 aliphatic heterocycles. The minimum absolute atomic E-state index is 0.111. The number of ether oxygens (including phenoxy) is 1. The maximum absolute atomic E-state index is 12.0. The zero-order valence-corrected chi connectivity index (χ0v) is 16.9. The van der Waals surface area contributed by atoms with Crippen molar-refractivity contribution in [3.63, 3.8) is 0 Å². The topological polar surface area (TPSA) is 96.5 Å². The third-order valence-corrected chi connectivity index (χ3v) is 4.05. The minimum Gasteiger partial charge on any atom is -0.444 e. The summed E-state index contributed by atoms with van der Waals surface area (Å²) in [6.07, 6.45) is 3.35. The van der Waals surface area contributed by atoms with E-state index in [-0.39, 0.29) is 18.4 Å². The summed E-state index contributed by atoms with van der Waals surface area (Å²) in [5.74, 6) is 0.0917. The molecule has 0 radical (unpaired) electrons. The van der Waals surface area contributed by atoms with Gasteiger partial charge in [0, 0.05) is 18.3 Å². The summed E-state index contributed by atoms with van der Waals surface area (Å²) in [4.78, 5) is 35.5. The van der Waals surface area contributed by atoms with Crippen molar-refractivity contribution in [1.29, 1.82) is 0 Å². The highest BCUT2D eigenvalue weighted by molar-refractivity contribution is 5.94. The fraction of sp³-hybridized carbons (Fsp3) is 0.476. The smallest absolute Gasteiger partial charge is 0.408 e. The van der Waals surface area contributed by atoms with E-state index in [2.05, 4.69) is 16.0 Å². The Balaban J connectivity index is 1.78. The van der Waals surface area contributed by atoms with Gasteiger partial charge in [0.25, 0.3) is 0 Å². The number of carbonyl (C=O) groups excluding carboxylic acids is 3. The van der Waals surface area contributed by atoms with Gasteiger partial charge in [-0.2, -0.15) is 0 Å². The molecule has 28 heavy (non-hydrogen) atoms. The zero-order valence-electron chi connectivity index (χ0n) is 16.9. The number of amides is 3. The van der Waals surface area contributed by atoms with Gasteiger partial charge in [0.15, 0.2) is 0 Å². The lowest BCUT2D eigenvalue weighted by Crippen LogP contribution is -2.37. The van der Waals surface area contributed by atoms with Crippen LogP contribution in [0.5, 0.6) is 0 Å². The Morgan fingerprint density at radius 3 is 2.54 bits per heavy atom. The van der Waals surface area contributed by atoms with Crippen molar-refractivity contribution in [3.05, 3.63) is 41.5 Å². The lowest BCUT2D eigenvalue weighted by Gasteiger charge is -2.19. The predicted octanol–water partition coefficient (Wildman–Crippen LogP) is 3.12. The molecule has 152 valence electrons. The van der Waals surface area contributed by atoms with Crippen LogP contribution in [0.15, 0.2) is 35.9 Å². The fourth-order valence-electron chi connectivity index (χ4n) is 2.53. The van der Waals surface area contributed by atoms with Crippen molar-refractivity contribution in [3.8, 4) is 0 Å². The quantitative estimate of drug-likeness (QED) is 0.626. The van der Waals surface area contributed by atoms with Crippen molar-refractivity contribution in [2.75, 3.05) is 11.9 Å². The summed E-state index contributed by atoms with van der Waals surface area (Å²) in [5.41, 5.74) is 1.96. The number of allylic oxidation sites excluding steroid dienone is 1. The molecule has 0 spiro atoms. The largest absolute Gasteiger partial charge is 0.444 e. The van der Waals surface area contributed by atoms with E-state index in [0.29, 0.717) is 18.2 Å². The number of rotatable bonds is 7. The first kappa shape index (κ1) is 21.5. The second-order valence-corrected chi connectivity index (χ2v) is 7.98. The monoisotopic (exact) mass is 387 g/mol. The Bertz CT molecular complexity index is 761. The lowest BCUT2D eigenvalue weighted by molar-refractivity contribution is -0.117. The van der Waals surface area contributed by atoms with Crippen LogP contribution in [0, 0.1) is 5.92 Å². The second-order valence-electron chi connectivity index (χ2n) is 7.98. The fourth-order valence-corrected chi connectivity index (χ4v) is 2.53. The van der Waals surface area contributed by atoms with Crippen LogP contribution in [0.1, 0.15) is 46.1 Å². The van der Waals surface area contributed by atoms with Gasteiger partial charge in [-0.05, 0) is 64.2 Å². The van der Waals surface area contributed by atoms with Gasteiger partial charge in [-0.25, -0.2) is 4.79 Å². The number of nitrogens with one attached hydrogen (secondary N) is 3. The number of anilines is 1. The van der Waals surface area contributed by atoms with Gasteiger partial charge in [-0.15, -0.1) is 0 Å². The molecule has 0 atom stereocenters. The molecular weight excluding hydrogens is 358 g/mol. The Labute approximate surface area is 165 Å². The van der Waals surface area contributed by atoms with Gasteiger partial charge in [-0.1, -0.05) is 17.7 Å². The molecule has 1 fully saturated rings. The van der Waals surface area contributed by atoms with Crippen LogP contribution in [0.25, 0.3) is 0 Å². The third kappa shape index (κ3) is 8.24. The third-order valence-electron chi connectivity index (χ3n) is 4.05. The first-order valence-electron chi connectivity index (χ1n) is 9.44. The Hall–Kier alpha value is -2.83. The summed E-state index contributed by atoms with van der Waals surface area (Å²) in [6, 6.07) is 7.19.